The molecule has 37 heavy (non-hydrogen) atoms. The number of carbonyl (C=O) groups excluding carboxylic acids is 1. The van der Waals surface area contributed by atoms with E-state index in [9.17, 15) is 4.79 Å². The van der Waals surface area contributed by atoms with Crippen LogP contribution >= 0.6 is 12.2 Å². The molecule has 4 aromatic rings. The van der Waals surface area contributed by atoms with Gasteiger partial charge in [0.1, 0.15) is 17.2 Å². The number of hydrogen-bond donors (Lipinski definition) is 2. The molecule has 0 bridgehead atoms. The van der Waals surface area contributed by atoms with Crippen LogP contribution in [-0.4, -0.2) is 36.3 Å². The molecular formula is C28H27N3O5S. The number of ether oxygens (including phenoxy) is 4. The second-order valence-corrected chi connectivity index (χ2v) is 8.34. The highest BCUT2D eigenvalue weighted by atomic mass is 32.1. The molecule has 4 rings (SSSR count). The Kier molecular flexibility index (Phi) is 8.37. The Morgan fingerprint density at radius 1 is 0.919 bits per heavy atom. The van der Waals surface area contributed by atoms with Crippen molar-refractivity contribution in [3.8, 4) is 28.7 Å². The molecule has 0 radical (unpaired) electrons. The molecular weight excluding hydrogens is 490 g/mol. The lowest BCUT2D eigenvalue weighted by atomic mass is 10.2. The van der Waals surface area contributed by atoms with Crippen molar-refractivity contribution in [1.29, 1.82) is 0 Å². The molecule has 1 amide bonds. The summed E-state index contributed by atoms with van der Waals surface area (Å²) in [5, 5.41) is 6.66. The van der Waals surface area contributed by atoms with Gasteiger partial charge in [0.05, 0.1) is 19.7 Å². The van der Waals surface area contributed by atoms with E-state index in [1.165, 1.54) is 0 Å². The van der Waals surface area contributed by atoms with Crippen molar-refractivity contribution < 1.29 is 23.7 Å². The van der Waals surface area contributed by atoms with Gasteiger partial charge in [-0.25, -0.2) is 0 Å². The second kappa shape index (κ2) is 12.0. The minimum atomic E-state index is -0.660. The summed E-state index contributed by atoms with van der Waals surface area (Å²) >= 11 is 5.32. The van der Waals surface area contributed by atoms with Gasteiger partial charge in [0.25, 0.3) is 5.91 Å². The number of pyridine rings is 1. The predicted molar refractivity (Wildman–Crippen MR) is 147 cm³/mol. The molecule has 1 atom stereocenters. The van der Waals surface area contributed by atoms with Crippen molar-refractivity contribution in [3.63, 3.8) is 0 Å². The van der Waals surface area contributed by atoms with Gasteiger partial charge in [-0.15, -0.1) is 0 Å². The Hall–Kier alpha value is -4.37. The molecule has 0 saturated carbocycles. The van der Waals surface area contributed by atoms with E-state index in [4.69, 9.17) is 31.2 Å². The van der Waals surface area contributed by atoms with Crippen LogP contribution in [0.1, 0.15) is 13.3 Å². The minimum absolute atomic E-state index is 0.176. The third-order valence-electron chi connectivity index (χ3n) is 5.47. The molecule has 0 aliphatic heterocycles. The van der Waals surface area contributed by atoms with E-state index in [1.807, 2.05) is 31.2 Å². The number of amides is 1. The van der Waals surface area contributed by atoms with E-state index in [0.29, 0.717) is 40.9 Å². The fraction of sp³-hybridized carbons (Fsp3) is 0.179. The third kappa shape index (κ3) is 6.45. The van der Waals surface area contributed by atoms with E-state index >= 15 is 0 Å². The van der Waals surface area contributed by atoms with Crippen molar-refractivity contribution in [1.82, 2.24) is 10.3 Å². The van der Waals surface area contributed by atoms with Gasteiger partial charge in [0.15, 0.2) is 22.7 Å². The van der Waals surface area contributed by atoms with Gasteiger partial charge in [-0.2, -0.15) is 0 Å². The molecule has 0 aliphatic carbocycles. The molecule has 0 spiro atoms. The molecule has 0 aliphatic rings. The molecule has 2 N–H and O–H groups in total. The topological polar surface area (TPSA) is 90.9 Å². The van der Waals surface area contributed by atoms with Crippen LogP contribution in [0.3, 0.4) is 0 Å². The number of methoxy groups -OCH3 is 2. The number of benzene rings is 3. The zero-order valence-corrected chi connectivity index (χ0v) is 21.5. The molecule has 0 fully saturated rings. The lowest BCUT2D eigenvalue weighted by Crippen LogP contribution is -2.43. The summed E-state index contributed by atoms with van der Waals surface area (Å²) < 4.78 is 22.7. The summed E-state index contributed by atoms with van der Waals surface area (Å²) in [6.45, 7) is 1.88. The van der Waals surface area contributed by atoms with Gasteiger partial charge < -0.3 is 24.3 Å². The fourth-order valence-corrected chi connectivity index (χ4v) is 3.83. The molecule has 9 heteroatoms. The van der Waals surface area contributed by atoms with Crippen LogP contribution in [-0.2, 0) is 4.79 Å². The Bertz CT molecular complexity index is 1380. The lowest BCUT2D eigenvalue weighted by molar-refractivity contribution is -0.126. The maximum atomic E-state index is 12.6. The first-order valence-electron chi connectivity index (χ1n) is 11.6. The van der Waals surface area contributed by atoms with Crippen LogP contribution in [0.5, 0.6) is 28.7 Å². The van der Waals surface area contributed by atoms with Crippen molar-refractivity contribution in [2.24, 2.45) is 0 Å². The van der Waals surface area contributed by atoms with Gasteiger partial charge >= 0.3 is 0 Å². The van der Waals surface area contributed by atoms with Crippen molar-refractivity contribution >= 4 is 39.8 Å². The first-order chi connectivity index (χ1) is 18.0. The summed E-state index contributed by atoms with van der Waals surface area (Å²) in [6.07, 6.45) is 1.51. The molecule has 1 heterocycles. The van der Waals surface area contributed by atoms with Crippen LogP contribution in [0.2, 0.25) is 0 Å². The standard InChI is InChI=1S/C28H27N3O5S/c1-4-23(35-19-8-6-5-7-9-19)27(32)31-28(37)30-18-10-12-20(13-11-18)36-24-14-15-29-22-17-26(34-3)25(33-2)16-21(22)24/h5-17,23H,4H2,1-3H3,(H2,30,31,32,37). The Balaban J connectivity index is 1.39. The van der Waals surface area contributed by atoms with Gasteiger partial charge in [-0.3, -0.25) is 15.1 Å². The molecule has 8 nitrogen and oxygen atoms in total. The van der Waals surface area contributed by atoms with Gasteiger partial charge in [-0.05, 0) is 67.2 Å². The normalized spacial score (nSPS) is 11.3. The van der Waals surface area contributed by atoms with Crippen LogP contribution in [0.15, 0.2) is 79.0 Å². The van der Waals surface area contributed by atoms with Crippen LogP contribution in [0, 0.1) is 0 Å². The number of carbonyl (C=O) groups is 1. The highest BCUT2D eigenvalue weighted by Gasteiger charge is 2.19. The Morgan fingerprint density at radius 2 is 1.62 bits per heavy atom. The summed E-state index contributed by atoms with van der Waals surface area (Å²) in [5.41, 5.74) is 1.41. The van der Waals surface area contributed by atoms with Crippen molar-refractivity contribution in [2.75, 3.05) is 19.5 Å². The number of para-hydroxylation sites is 1. The van der Waals surface area contributed by atoms with Gasteiger partial charge in [-0.1, -0.05) is 25.1 Å². The van der Waals surface area contributed by atoms with E-state index < -0.39 is 6.10 Å². The van der Waals surface area contributed by atoms with Crippen molar-refractivity contribution in [3.05, 3.63) is 79.0 Å². The average molecular weight is 518 g/mol. The summed E-state index contributed by atoms with van der Waals surface area (Å²) in [6, 6.07) is 21.8. The van der Waals surface area contributed by atoms with Crippen LogP contribution in [0.25, 0.3) is 10.9 Å². The largest absolute Gasteiger partial charge is 0.493 e. The number of hydrogen-bond acceptors (Lipinski definition) is 7. The van der Waals surface area contributed by atoms with Gasteiger partial charge in [0, 0.05) is 23.3 Å². The number of nitrogens with zero attached hydrogens (tertiary/aromatic N) is 1. The molecule has 3 aromatic carbocycles. The molecule has 0 saturated heterocycles. The maximum Gasteiger partial charge on any atom is 0.267 e. The Labute approximate surface area is 220 Å². The number of thiocarbonyl (C=S) groups is 1. The summed E-state index contributed by atoms with van der Waals surface area (Å²) in [7, 11) is 3.16. The average Bonchev–Trinajstić information content (AvgIpc) is 2.92. The van der Waals surface area contributed by atoms with Crippen molar-refractivity contribution in [2.45, 2.75) is 19.4 Å². The van der Waals surface area contributed by atoms with E-state index in [0.717, 1.165) is 10.9 Å². The number of aromatic nitrogens is 1. The summed E-state index contributed by atoms with van der Waals surface area (Å²) in [4.78, 5) is 17.0. The summed E-state index contributed by atoms with van der Waals surface area (Å²) in [5.74, 6) is 2.72. The van der Waals surface area contributed by atoms with E-state index in [2.05, 4.69) is 15.6 Å². The number of nitrogens with one attached hydrogen (secondary N) is 2. The highest BCUT2D eigenvalue weighted by Crippen LogP contribution is 2.37. The number of rotatable bonds is 9. The second-order valence-electron chi connectivity index (χ2n) is 7.93. The SMILES string of the molecule is CCC(Oc1ccccc1)C(=O)NC(=S)Nc1ccc(Oc2ccnc3cc(OC)c(OC)cc23)cc1. The van der Waals surface area contributed by atoms with E-state index in [1.54, 1.807) is 68.9 Å². The Morgan fingerprint density at radius 3 is 2.30 bits per heavy atom. The third-order valence-corrected chi connectivity index (χ3v) is 5.67. The molecule has 190 valence electrons. The van der Waals surface area contributed by atoms with E-state index in [-0.39, 0.29) is 11.0 Å². The smallest absolute Gasteiger partial charge is 0.267 e. The lowest BCUT2D eigenvalue weighted by Gasteiger charge is -2.18. The molecule has 1 aromatic heterocycles. The zero-order chi connectivity index (χ0) is 26.2. The minimum Gasteiger partial charge on any atom is -0.493 e. The number of fused-ring (bicyclic) bond motifs is 1. The van der Waals surface area contributed by atoms with Gasteiger partial charge in [0.2, 0.25) is 0 Å². The monoisotopic (exact) mass is 517 g/mol. The first kappa shape index (κ1) is 25.7. The molecule has 1 unspecified atom stereocenters. The predicted octanol–water partition coefficient (Wildman–Crippen LogP) is 5.71. The quantitative estimate of drug-likeness (QED) is 0.273. The zero-order valence-electron chi connectivity index (χ0n) is 20.7. The maximum absolute atomic E-state index is 12.6. The first-order valence-corrected chi connectivity index (χ1v) is 12.0. The number of anilines is 1. The van der Waals surface area contributed by atoms with Crippen LogP contribution in [0.4, 0.5) is 5.69 Å². The van der Waals surface area contributed by atoms with Crippen LogP contribution < -0.4 is 29.6 Å². The fourth-order valence-electron chi connectivity index (χ4n) is 3.61. The highest BCUT2D eigenvalue weighted by molar-refractivity contribution is 7.80.